The van der Waals surface area contributed by atoms with E-state index in [2.05, 4.69) is 10.3 Å². The molecule has 114 valence electrons. The molecule has 1 aliphatic rings. The average Bonchev–Trinajstić information content (AvgIpc) is 3.10. The van der Waals surface area contributed by atoms with Crippen LogP contribution in [0.1, 0.15) is 5.56 Å². The van der Waals surface area contributed by atoms with Crippen molar-refractivity contribution in [2.75, 3.05) is 24.2 Å². The number of hydrogen-bond donors (Lipinski definition) is 1. The summed E-state index contributed by atoms with van der Waals surface area (Å²) in [5.74, 6) is 0.543. The molecule has 0 unspecified atom stereocenters. The molecule has 0 atom stereocenters. The molecule has 3 rings (SSSR count). The molecule has 7 heteroatoms. The lowest BCUT2D eigenvalue weighted by atomic mass is 10.1. The molecule has 1 saturated heterocycles. The second-order valence-electron chi connectivity index (χ2n) is 4.99. The van der Waals surface area contributed by atoms with Gasteiger partial charge in [0.25, 0.3) is 5.24 Å². The number of anilines is 1. The summed E-state index contributed by atoms with van der Waals surface area (Å²) in [6, 6.07) is 8.08. The Labute approximate surface area is 136 Å². The number of nitrogens with zero attached hydrogens (tertiary/aromatic N) is 2. The smallest absolute Gasteiger partial charge is 0.282 e. The third kappa shape index (κ3) is 3.48. The van der Waals surface area contributed by atoms with Gasteiger partial charge in [0.15, 0.2) is 5.13 Å². The van der Waals surface area contributed by atoms with Crippen molar-refractivity contribution in [3.8, 4) is 11.3 Å². The van der Waals surface area contributed by atoms with Gasteiger partial charge < -0.3 is 10.2 Å². The topological polar surface area (TPSA) is 62.3 Å². The van der Waals surface area contributed by atoms with Crippen LogP contribution in [-0.2, 0) is 4.79 Å². The Balaban J connectivity index is 1.62. The zero-order valence-electron chi connectivity index (χ0n) is 12.0. The highest BCUT2D eigenvalue weighted by Gasteiger charge is 2.23. The monoisotopic (exact) mass is 333 g/mol. The molecular weight excluding hydrogens is 318 g/mol. The van der Waals surface area contributed by atoms with E-state index in [9.17, 15) is 9.59 Å². The number of hydrogen-bond acceptors (Lipinski definition) is 5. The molecule has 2 heterocycles. The summed E-state index contributed by atoms with van der Waals surface area (Å²) in [5, 5.41) is 5.19. The number of carbonyl (C=O) groups is 2. The molecule has 2 aromatic rings. The predicted octanol–water partition coefficient (Wildman–Crippen LogP) is 3.23. The van der Waals surface area contributed by atoms with Crippen molar-refractivity contribution in [2.24, 2.45) is 0 Å². The van der Waals surface area contributed by atoms with Gasteiger partial charge in [-0.15, -0.1) is 11.3 Å². The highest BCUT2D eigenvalue weighted by Crippen LogP contribution is 2.25. The SMILES string of the molecule is Cc1ccc(-c2csc(NC(=O)CN3CCSC3=O)n2)cc1. The number of aromatic nitrogens is 1. The van der Waals surface area contributed by atoms with Crippen molar-refractivity contribution < 1.29 is 9.59 Å². The van der Waals surface area contributed by atoms with E-state index in [0.29, 0.717) is 11.7 Å². The molecule has 0 spiro atoms. The molecule has 0 aliphatic carbocycles. The second kappa shape index (κ2) is 6.50. The fourth-order valence-corrected chi connectivity index (χ4v) is 3.65. The minimum absolute atomic E-state index is 0.0327. The Hall–Kier alpha value is -1.86. The molecule has 5 nitrogen and oxygen atoms in total. The summed E-state index contributed by atoms with van der Waals surface area (Å²) in [7, 11) is 0. The van der Waals surface area contributed by atoms with Crippen LogP contribution in [-0.4, -0.2) is 39.9 Å². The average molecular weight is 333 g/mol. The maximum atomic E-state index is 12.0. The Morgan fingerprint density at radius 2 is 2.14 bits per heavy atom. The van der Waals surface area contributed by atoms with Crippen molar-refractivity contribution in [1.82, 2.24) is 9.88 Å². The van der Waals surface area contributed by atoms with Gasteiger partial charge in [-0.05, 0) is 6.92 Å². The summed E-state index contributed by atoms with van der Waals surface area (Å²) < 4.78 is 0. The number of thiazole rings is 1. The summed E-state index contributed by atoms with van der Waals surface area (Å²) in [6.45, 7) is 2.75. The number of nitrogens with one attached hydrogen (secondary N) is 1. The van der Waals surface area contributed by atoms with Crippen molar-refractivity contribution in [1.29, 1.82) is 0 Å². The lowest BCUT2D eigenvalue weighted by Crippen LogP contribution is -2.33. The molecule has 1 aromatic heterocycles. The maximum Gasteiger partial charge on any atom is 0.282 e. The third-order valence-corrected chi connectivity index (χ3v) is 4.93. The first-order valence-electron chi connectivity index (χ1n) is 6.86. The normalized spacial score (nSPS) is 14.4. The van der Waals surface area contributed by atoms with Crippen LogP contribution in [0.25, 0.3) is 11.3 Å². The van der Waals surface area contributed by atoms with Crippen molar-refractivity contribution in [3.05, 3.63) is 35.2 Å². The minimum atomic E-state index is -0.208. The van der Waals surface area contributed by atoms with Gasteiger partial charge in [0, 0.05) is 23.2 Å². The zero-order chi connectivity index (χ0) is 15.5. The molecular formula is C15H15N3O2S2. The number of aryl methyl sites for hydroxylation is 1. The molecule has 0 saturated carbocycles. The van der Waals surface area contributed by atoms with E-state index in [4.69, 9.17) is 0 Å². The molecule has 2 amide bonds. The van der Waals surface area contributed by atoms with Crippen LogP contribution < -0.4 is 5.32 Å². The van der Waals surface area contributed by atoms with Crippen LogP contribution in [0.3, 0.4) is 0 Å². The van der Waals surface area contributed by atoms with Crippen LogP contribution >= 0.6 is 23.1 Å². The van der Waals surface area contributed by atoms with Crippen LogP contribution in [0, 0.1) is 6.92 Å². The predicted molar refractivity (Wildman–Crippen MR) is 90.3 cm³/mol. The lowest BCUT2D eigenvalue weighted by Gasteiger charge is -2.12. The fraction of sp³-hybridized carbons (Fsp3) is 0.267. The van der Waals surface area contributed by atoms with Crippen molar-refractivity contribution in [2.45, 2.75) is 6.92 Å². The van der Waals surface area contributed by atoms with Gasteiger partial charge in [-0.1, -0.05) is 41.6 Å². The van der Waals surface area contributed by atoms with E-state index in [0.717, 1.165) is 17.0 Å². The van der Waals surface area contributed by atoms with E-state index >= 15 is 0 Å². The number of rotatable bonds is 4. The minimum Gasteiger partial charge on any atom is -0.323 e. The van der Waals surface area contributed by atoms with Crippen molar-refractivity contribution >= 4 is 39.4 Å². The van der Waals surface area contributed by atoms with Gasteiger partial charge in [-0.25, -0.2) is 4.98 Å². The highest BCUT2D eigenvalue weighted by molar-refractivity contribution is 8.13. The van der Waals surface area contributed by atoms with E-state index in [1.54, 1.807) is 4.90 Å². The first-order valence-corrected chi connectivity index (χ1v) is 8.72. The Bertz CT molecular complexity index is 697. The van der Waals surface area contributed by atoms with Gasteiger partial charge in [0.1, 0.15) is 6.54 Å². The fourth-order valence-electron chi connectivity index (χ4n) is 2.09. The first kappa shape index (κ1) is 15.1. The number of benzene rings is 1. The second-order valence-corrected chi connectivity index (χ2v) is 6.89. The number of carbonyl (C=O) groups excluding carboxylic acids is 2. The number of amides is 2. The van der Waals surface area contributed by atoms with Crippen LogP contribution in [0.5, 0.6) is 0 Å². The van der Waals surface area contributed by atoms with Crippen LogP contribution in [0.4, 0.5) is 9.93 Å². The third-order valence-electron chi connectivity index (χ3n) is 3.28. The highest BCUT2D eigenvalue weighted by atomic mass is 32.2. The van der Waals surface area contributed by atoms with Crippen molar-refractivity contribution in [3.63, 3.8) is 0 Å². The Morgan fingerprint density at radius 1 is 1.36 bits per heavy atom. The standard InChI is InChI=1S/C15H15N3O2S2/c1-10-2-4-11(5-3-10)12-9-22-14(16-12)17-13(19)8-18-6-7-21-15(18)20/h2-5,9H,6-8H2,1H3,(H,16,17,19). The molecule has 22 heavy (non-hydrogen) atoms. The van der Waals surface area contributed by atoms with Gasteiger partial charge in [0.05, 0.1) is 5.69 Å². The van der Waals surface area contributed by atoms with E-state index in [1.165, 1.54) is 28.7 Å². The van der Waals surface area contributed by atoms with E-state index in [-0.39, 0.29) is 17.7 Å². The van der Waals surface area contributed by atoms with Crippen LogP contribution in [0.15, 0.2) is 29.6 Å². The van der Waals surface area contributed by atoms with E-state index in [1.807, 2.05) is 36.6 Å². The first-order chi connectivity index (χ1) is 10.6. The summed E-state index contributed by atoms with van der Waals surface area (Å²) in [5.41, 5.74) is 3.06. The van der Waals surface area contributed by atoms with Gasteiger partial charge >= 0.3 is 0 Å². The van der Waals surface area contributed by atoms with Gasteiger partial charge in [0.2, 0.25) is 5.91 Å². The summed E-state index contributed by atoms with van der Waals surface area (Å²) in [6.07, 6.45) is 0. The maximum absolute atomic E-state index is 12.0. The zero-order valence-corrected chi connectivity index (χ0v) is 13.7. The van der Waals surface area contributed by atoms with E-state index < -0.39 is 0 Å². The van der Waals surface area contributed by atoms with Gasteiger partial charge in [-0.2, -0.15) is 0 Å². The summed E-state index contributed by atoms with van der Waals surface area (Å²) >= 11 is 2.63. The quantitative estimate of drug-likeness (QED) is 0.933. The van der Waals surface area contributed by atoms with Gasteiger partial charge in [-0.3, -0.25) is 9.59 Å². The summed E-state index contributed by atoms with van der Waals surface area (Å²) in [4.78, 5) is 29.4. The lowest BCUT2D eigenvalue weighted by molar-refractivity contribution is -0.116. The van der Waals surface area contributed by atoms with Crippen LogP contribution in [0.2, 0.25) is 0 Å². The molecule has 1 N–H and O–H groups in total. The Kier molecular flexibility index (Phi) is 4.44. The molecule has 1 aliphatic heterocycles. The largest absolute Gasteiger partial charge is 0.323 e. The molecule has 0 bridgehead atoms. The molecule has 1 aromatic carbocycles. The number of thioether (sulfide) groups is 1. The molecule has 0 radical (unpaired) electrons. The molecule has 1 fully saturated rings. The Morgan fingerprint density at radius 3 is 2.82 bits per heavy atom.